The van der Waals surface area contributed by atoms with Gasteiger partial charge in [0.25, 0.3) is 0 Å². The van der Waals surface area contributed by atoms with Gasteiger partial charge in [0.05, 0.1) is 6.61 Å². The minimum absolute atomic E-state index is 0.362. The van der Waals surface area contributed by atoms with Gasteiger partial charge in [-0.15, -0.1) is 0 Å². The summed E-state index contributed by atoms with van der Waals surface area (Å²) in [5, 5.41) is 11.5. The van der Waals surface area contributed by atoms with E-state index in [9.17, 15) is 4.79 Å². The van der Waals surface area contributed by atoms with Crippen molar-refractivity contribution < 1.29 is 14.6 Å². The van der Waals surface area contributed by atoms with Gasteiger partial charge in [-0.3, -0.25) is 4.79 Å². The lowest BCUT2D eigenvalue weighted by Crippen LogP contribution is -2.29. The molecule has 0 amide bonds. The molecule has 2 N–H and O–H groups in total. The maximum Gasteiger partial charge on any atom is 0.320 e. The molecule has 2 atom stereocenters. The molecule has 4 heteroatoms. The summed E-state index contributed by atoms with van der Waals surface area (Å²) in [5.74, 6) is -0.398. The minimum Gasteiger partial charge on any atom is -0.480 e. The van der Waals surface area contributed by atoms with Gasteiger partial charge in [-0.25, -0.2) is 0 Å². The molecule has 11 heavy (non-hydrogen) atoms. The predicted octanol–water partition coefficient (Wildman–Crippen LogP) is -0.305. The van der Waals surface area contributed by atoms with E-state index in [0.29, 0.717) is 18.9 Å². The first-order chi connectivity index (χ1) is 5.24. The molecule has 0 aromatic heterocycles. The zero-order valence-corrected chi connectivity index (χ0v) is 6.54. The maximum atomic E-state index is 10.4. The third-order valence-corrected chi connectivity index (χ3v) is 1.92. The van der Waals surface area contributed by atoms with Gasteiger partial charge in [-0.1, -0.05) is 0 Å². The first-order valence-corrected chi connectivity index (χ1v) is 3.69. The van der Waals surface area contributed by atoms with Gasteiger partial charge in [0, 0.05) is 13.7 Å². The Labute approximate surface area is 65.5 Å². The number of hydrogen-bond acceptors (Lipinski definition) is 3. The van der Waals surface area contributed by atoms with Crippen molar-refractivity contribution in [2.24, 2.45) is 5.92 Å². The van der Waals surface area contributed by atoms with E-state index < -0.39 is 5.97 Å². The van der Waals surface area contributed by atoms with Crippen LogP contribution in [-0.2, 0) is 9.53 Å². The topological polar surface area (TPSA) is 58.6 Å². The van der Waals surface area contributed by atoms with Crippen molar-refractivity contribution in [1.82, 2.24) is 5.32 Å². The highest BCUT2D eigenvalue weighted by molar-refractivity contribution is 5.73. The summed E-state index contributed by atoms with van der Waals surface area (Å²) in [5.41, 5.74) is 0. The Morgan fingerprint density at radius 1 is 1.82 bits per heavy atom. The number of nitrogens with one attached hydrogen (secondary N) is 1. The summed E-state index contributed by atoms with van der Waals surface area (Å²) < 4.78 is 4.92. The van der Waals surface area contributed by atoms with Crippen LogP contribution in [0.15, 0.2) is 0 Å². The Morgan fingerprint density at radius 2 is 2.55 bits per heavy atom. The third-order valence-electron chi connectivity index (χ3n) is 1.92. The van der Waals surface area contributed by atoms with E-state index in [1.54, 1.807) is 7.11 Å². The molecule has 1 aliphatic heterocycles. The smallest absolute Gasteiger partial charge is 0.320 e. The molecule has 1 unspecified atom stereocenters. The maximum absolute atomic E-state index is 10.4. The molecule has 0 bridgehead atoms. The van der Waals surface area contributed by atoms with Crippen molar-refractivity contribution in [2.75, 3.05) is 20.3 Å². The second kappa shape index (κ2) is 3.69. The van der Waals surface area contributed by atoms with Gasteiger partial charge in [0.15, 0.2) is 0 Å². The second-order valence-electron chi connectivity index (χ2n) is 2.86. The largest absolute Gasteiger partial charge is 0.480 e. The van der Waals surface area contributed by atoms with Crippen LogP contribution in [0.1, 0.15) is 6.42 Å². The molecule has 0 aromatic rings. The number of methoxy groups -OCH3 is 1. The van der Waals surface area contributed by atoms with Gasteiger partial charge in [-0.05, 0) is 12.3 Å². The number of rotatable bonds is 3. The van der Waals surface area contributed by atoms with Crippen LogP contribution in [-0.4, -0.2) is 37.4 Å². The summed E-state index contributed by atoms with van der Waals surface area (Å²) in [6.45, 7) is 1.40. The van der Waals surface area contributed by atoms with Crippen LogP contribution in [0, 0.1) is 5.92 Å². The van der Waals surface area contributed by atoms with E-state index in [0.717, 1.165) is 6.54 Å². The molecule has 0 radical (unpaired) electrons. The number of carboxylic acids is 1. The van der Waals surface area contributed by atoms with Crippen molar-refractivity contribution in [3.05, 3.63) is 0 Å². The van der Waals surface area contributed by atoms with E-state index in [1.165, 1.54) is 0 Å². The van der Waals surface area contributed by atoms with Crippen molar-refractivity contribution in [1.29, 1.82) is 0 Å². The van der Waals surface area contributed by atoms with Crippen LogP contribution in [0.4, 0.5) is 0 Å². The molecule has 0 aliphatic carbocycles. The normalized spacial score (nSPS) is 30.6. The van der Waals surface area contributed by atoms with Gasteiger partial charge < -0.3 is 15.2 Å². The molecule has 1 fully saturated rings. The summed E-state index contributed by atoms with van der Waals surface area (Å²) >= 11 is 0. The average molecular weight is 159 g/mol. The van der Waals surface area contributed by atoms with Crippen molar-refractivity contribution in [2.45, 2.75) is 12.5 Å². The van der Waals surface area contributed by atoms with E-state index in [-0.39, 0.29) is 6.04 Å². The van der Waals surface area contributed by atoms with Gasteiger partial charge in [0.1, 0.15) is 6.04 Å². The summed E-state index contributed by atoms with van der Waals surface area (Å²) in [6, 6.07) is -0.366. The van der Waals surface area contributed by atoms with Crippen LogP contribution in [0.5, 0.6) is 0 Å². The average Bonchev–Trinajstić information content (AvgIpc) is 2.37. The van der Waals surface area contributed by atoms with Gasteiger partial charge in [0.2, 0.25) is 0 Å². The molecule has 0 aromatic carbocycles. The van der Waals surface area contributed by atoms with E-state index >= 15 is 0 Å². The van der Waals surface area contributed by atoms with Crippen LogP contribution in [0.3, 0.4) is 0 Å². The number of ether oxygens (including phenoxy) is 1. The highest BCUT2D eigenvalue weighted by Gasteiger charge is 2.28. The standard InChI is InChI=1S/C7H13NO3/c1-11-4-5-2-6(7(9)10)8-3-5/h5-6,8H,2-4H2,1H3,(H,9,10)/t5?,6-/m0/s1. The molecule has 64 valence electrons. The second-order valence-corrected chi connectivity index (χ2v) is 2.86. The highest BCUT2D eigenvalue weighted by atomic mass is 16.5. The lowest BCUT2D eigenvalue weighted by Gasteiger charge is -2.04. The van der Waals surface area contributed by atoms with Crippen molar-refractivity contribution in [3.8, 4) is 0 Å². The first kappa shape index (κ1) is 8.49. The molecule has 0 saturated carbocycles. The Balaban J connectivity index is 2.29. The quantitative estimate of drug-likeness (QED) is 0.593. The van der Waals surface area contributed by atoms with Crippen LogP contribution >= 0.6 is 0 Å². The fraction of sp³-hybridized carbons (Fsp3) is 0.857. The number of aliphatic carboxylic acids is 1. The summed E-state index contributed by atoms with van der Waals surface area (Å²) in [6.07, 6.45) is 0.684. The SMILES string of the molecule is COCC1CN[C@H](C(=O)O)C1. The predicted molar refractivity (Wildman–Crippen MR) is 39.4 cm³/mol. The molecule has 4 nitrogen and oxygen atoms in total. The number of carboxylic acid groups (broad SMARTS) is 1. The van der Waals surface area contributed by atoms with Crippen LogP contribution in [0.2, 0.25) is 0 Å². The third kappa shape index (κ3) is 2.17. The molecule has 1 saturated heterocycles. The van der Waals surface area contributed by atoms with E-state index in [4.69, 9.17) is 9.84 Å². The fourth-order valence-electron chi connectivity index (χ4n) is 1.36. The van der Waals surface area contributed by atoms with Crippen LogP contribution < -0.4 is 5.32 Å². The molecule has 1 heterocycles. The lowest BCUT2D eigenvalue weighted by molar-refractivity contribution is -0.139. The molecular weight excluding hydrogens is 146 g/mol. The van der Waals surface area contributed by atoms with Gasteiger partial charge in [-0.2, -0.15) is 0 Å². The monoisotopic (exact) mass is 159 g/mol. The summed E-state index contributed by atoms with van der Waals surface area (Å²) in [4.78, 5) is 10.4. The Bertz CT molecular complexity index is 149. The van der Waals surface area contributed by atoms with E-state index in [2.05, 4.69) is 5.32 Å². The lowest BCUT2D eigenvalue weighted by atomic mass is 10.1. The number of carbonyl (C=O) groups is 1. The molecule has 0 spiro atoms. The Morgan fingerprint density at radius 3 is 3.00 bits per heavy atom. The van der Waals surface area contributed by atoms with E-state index in [1.807, 2.05) is 0 Å². The molecule has 1 rings (SSSR count). The number of hydrogen-bond donors (Lipinski definition) is 2. The van der Waals surface area contributed by atoms with Crippen molar-refractivity contribution >= 4 is 5.97 Å². The first-order valence-electron chi connectivity index (χ1n) is 3.69. The Kier molecular flexibility index (Phi) is 2.84. The highest BCUT2D eigenvalue weighted by Crippen LogP contribution is 2.13. The van der Waals surface area contributed by atoms with Crippen LogP contribution in [0.25, 0.3) is 0 Å². The zero-order valence-electron chi connectivity index (χ0n) is 6.54. The zero-order chi connectivity index (χ0) is 8.27. The minimum atomic E-state index is -0.761. The van der Waals surface area contributed by atoms with Crippen molar-refractivity contribution in [3.63, 3.8) is 0 Å². The fourth-order valence-corrected chi connectivity index (χ4v) is 1.36. The Hall–Kier alpha value is -0.610. The molecular formula is C7H13NO3. The molecule has 1 aliphatic rings. The summed E-state index contributed by atoms with van der Waals surface area (Å²) in [7, 11) is 1.63. The van der Waals surface area contributed by atoms with Gasteiger partial charge >= 0.3 is 5.97 Å².